The molecule has 3 heterocycles. The van der Waals surface area contributed by atoms with Crippen LogP contribution in [0.15, 0.2) is 41.4 Å². The van der Waals surface area contributed by atoms with Crippen LogP contribution in [0.3, 0.4) is 0 Å². The highest BCUT2D eigenvalue weighted by molar-refractivity contribution is 7.07. The first-order valence-electron chi connectivity index (χ1n) is 13.0. The third-order valence-electron chi connectivity index (χ3n) is 5.95. The van der Waals surface area contributed by atoms with Gasteiger partial charge in [0.25, 0.3) is 0 Å². The van der Waals surface area contributed by atoms with E-state index < -0.39 is 11.6 Å². The van der Waals surface area contributed by atoms with E-state index in [2.05, 4.69) is 31.4 Å². The van der Waals surface area contributed by atoms with Crippen LogP contribution in [0.1, 0.15) is 44.9 Å². The second-order valence-corrected chi connectivity index (χ2v) is 10.7. The van der Waals surface area contributed by atoms with Gasteiger partial charge in [0.1, 0.15) is 6.29 Å². The van der Waals surface area contributed by atoms with Crippen LogP contribution in [-0.2, 0) is 22.4 Å². The van der Waals surface area contributed by atoms with Gasteiger partial charge in [-0.05, 0) is 63.7 Å². The van der Waals surface area contributed by atoms with Crippen LogP contribution in [0.25, 0.3) is 10.9 Å². The van der Waals surface area contributed by atoms with Gasteiger partial charge in [-0.25, -0.2) is 10.4 Å². The zero-order valence-electron chi connectivity index (χ0n) is 22.9. The maximum Gasteiger partial charge on any atom is 0.240 e. The van der Waals surface area contributed by atoms with Gasteiger partial charge in [0.2, 0.25) is 5.91 Å². The van der Waals surface area contributed by atoms with Gasteiger partial charge in [-0.1, -0.05) is 25.1 Å². The molecule has 1 aliphatic heterocycles. The first-order chi connectivity index (χ1) is 18.1. The average Bonchev–Trinajstić information content (AvgIpc) is 3.54. The van der Waals surface area contributed by atoms with E-state index in [4.69, 9.17) is 10.9 Å². The van der Waals surface area contributed by atoms with Crippen molar-refractivity contribution >= 4 is 34.4 Å². The molecular formula is C27H43N7O3S. The van der Waals surface area contributed by atoms with E-state index >= 15 is 0 Å². The molecule has 1 aliphatic rings. The second-order valence-electron chi connectivity index (χ2n) is 9.93. The predicted octanol–water partition coefficient (Wildman–Crippen LogP) is 2.65. The fourth-order valence-corrected chi connectivity index (χ4v) is 4.56. The third kappa shape index (κ3) is 11.4. The molecule has 0 radical (unpaired) electrons. The van der Waals surface area contributed by atoms with Crippen molar-refractivity contribution in [1.82, 2.24) is 31.2 Å². The molecule has 1 fully saturated rings. The predicted molar refractivity (Wildman–Crippen MR) is 153 cm³/mol. The molecule has 2 atom stereocenters. The lowest BCUT2D eigenvalue weighted by Crippen LogP contribution is -2.53. The number of nitrogens with one attached hydrogen (secondary N) is 4. The summed E-state index contributed by atoms with van der Waals surface area (Å²) in [6.45, 7) is 8.26. The minimum atomic E-state index is -0.999. The van der Waals surface area contributed by atoms with Crippen LogP contribution < -0.4 is 21.8 Å². The van der Waals surface area contributed by atoms with Crippen molar-refractivity contribution in [2.75, 3.05) is 26.7 Å². The van der Waals surface area contributed by atoms with Gasteiger partial charge < -0.3 is 26.1 Å². The Morgan fingerprint density at radius 1 is 1.39 bits per heavy atom. The number of piperidine rings is 1. The van der Waals surface area contributed by atoms with Gasteiger partial charge in [-0.15, -0.1) is 16.5 Å². The molecule has 11 heteroatoms. The molecule has 0 aliphatic carbocycles. The number of hydrazine groups is 1. The van der Waals surface area contributed by atoms with Crippen molar-refractivity contribution in [2.45, 2.75) is 58.0 Å². The topological polar surface area (TPSA) is 148 Å². The van der Waals surface area contributed by atoms with Crippen LogP contribution in [0, 0.1) is 5.92 Å². The molecule has 1 aromatic carbocycles. The standard InChI is InChI=1S/C15H19N3O2.C9H14N2S.C3H10N2O/c1-15(2,16)14(20)18-11(9-19)7-10-8-17-13-6-4-3-5-12(10)13;1-2-8(5-10-3-1)4-9-6-12-7-11-9;1-3-4-5(2)6/h3-6,8-9,11,17H,7,16H2,1-2H3,(H,18,20);6-8,10H,1-5H2;4,6H,3H2,1-2H3/t;8-;/m.1./s1. The first-order valence-corrected chi connectivity index (χ1v) is 13.9. The number of aldehydes is 1. The van der Waals surface area contributed by atoms with E-state index in [9.17, 15) is 9.59 Å². The molecule has 210 valence electrons. The van der Waals surface area contributed by atoms with Crippen LogP contribution in [0.5, 0.6) is 0 Å². The van der Waals surface area contributed by atoms with Gasteiger partial charge in [0.05, 0.1) is 22.8 Å². The molecule has 0 saturated carbocycles. The highest BCUT2D eigenvalue weighted by Crippen LogP contribution is 2.19. The number of amides is 1. The van der Waals surface area contributed by atoms with Gasteiger partial charge >= 0.3 is 0 Å². The zero-order valence-corrected chi connectivity index (χ0v) is 23.7. The second kappa shape index (κ2) is 16.3. The quantitative estimate of drug-likeness (QED) is 0.178. The molecule has 1 amide bonds. The van der Waals surface area contributed by atoms with E-state index in [1.807, 2.05) is 42.9 Å². The largest absolute Gasteiger partial charge is 0.361 e. The molecule has 38 heavy (non-hydrogen) atoms. The number of aromatic nitrogens is 2. The number of nitrogens with zero attached hydrogens (tertiary/aromatic N) is 2. The number of H-pyrrole nitrogens is 1. The number of hydrogen-bond donors (Lipinski definition) is 6. The Morgan fingerprint density at radius 3 is 2.71 bits per heavy atom. The Morgan fingerprint density at radius 2 is 2.16 bits per heavy atom. The Labute approximate surface area is 229 Å². The Balaban J connectivity index is 0.000000237. The fourth-order valence-electron chi connectivity index (χ4n) is 3.99. The van der Waals surface area contributed by atoms with Gasteiger partial charge in [-0.3, -0.25) is 10.0 Å². The summed E-state index contributed by atoms with van der Waals surface area (Å²) in [5, 5.41) is 18.5. The zero-order chi connectivity index (χ0) is 28.0. The lowest BCUT2D eigenvalue weighted by atomic mass is 9.95. The highest BCUT2D eigenvalue weighted by atomic mass is 32.1. The van der Waals surface area contributed by atoms with E-state index in [-0.39, 0.29) is 5.91 Å². The number of fused-ring (bicyclic) bond motifs is 1. The SMILES string of the molecule is CC(C)(N)C(=O)NC(C=O)Cc1c[nH]c2ccccc12.CCNN(C)O.c1nc(C[C@H]2CCCNC2)cs1. The summed E-state index contributed by atoms with van der Waals surface area (Å²) in [4.78, 5) is 30.4. The van der Waals surface area contributed by atoms with Crippen molar-refractivity contribution in [3.63, 3.8) is 0 Å². The number of hydrogen-bond acceptors (Lipinski definition) is 9. The molecule has 1 saturated heterocycles. The van der Waals surface area contributed by atoms with Crippen LogP contribution in [0.2, 0.25) is 0 Å². The monoisotopic (exact) mass is 545 g/mol. The molecule has 7 N–H and O–H groups in total. The summed E-state index contributed by atoms with van der Waals surface area (Å²) >= 11 is 1.70. The number of carbonyl (C=O) groups is 2. The van der Waals surface area contributed by atoms with Crippen LogP contribution >= 0.6 is 11.3 Å². The van der Waals surface area contributed by atoms with Crippen molar-refractivity contribution in [2.24, 2.45) is 11.7 Å². The Kier molecular flexibility index (Phi) is 13.6. The maximum atomic E-state index is 11.8. The number of rotatable bonds is 9. The van der Waals surface area contributed by atoms with E-state index in [0.29, 0.717) is 6.42 Å². The number of carbonyl (C=O) groups excluding carboxylic acids is 2. The molecule has 10 nitrogen and oxygen atoms in total. The molecule has 2 aromatic heterocycles. The van der Waals surface area contributed by atoms with Gasteiger partial charge in [0.15, 0.2) is 0 Å². The number of hydroxylamine groups is 1. The third-order valence-corrected chi connectivity index (χ3v) is 6.58. The number of nitrogens with two attached hydrogens (primary N) is 1. The van der Waals surface area contributed by atoms with Crippen molar-refractivity contribution in [3.05, 3.63) is 52.6 Å². The summed E-state index contributed by atoms with van der Waals surface area (Å²) in [5.41, 5.74) is 12.5. The maximum absolute atomic E-state index is 11.8. The van der Waals surface area contributed by atoms with Gasteiger partial charge in [0, 0.05) is 42.5 Å². The van der Waals surface area contributed by atoms with E-state index in [1.165, 1.54) is 38.7 Å². The number of aromatic amines is 1. The van der Waals surface area contributed by atoms with Gasteiger partial charge in [-0.2, -0.15) is 0 Å². The summed E-state index contributed by atoms with van der Waals surface area (Å²) in [6, 6.07) is 7.26. The summed E-state index contributed by atoms with van der Waals surface area (Å²) in [6.07, 6.45) is 6.90. The minimum Gasteiger partial charge on any atom is -0.361 e. The van der Waals surface area contributed by atoms with Crippen LogP contribution in [0.4, 0.5) is 0 Å². The Hall–Kier alpha value is -2.67. The Bertz CT molecular complexity index is 1070. The summed E-state index contributed by atoms with van der Waals surface area (Å²) in [7, 11) is 1.53. The normalized spacial score (nSPS) is 16.1. The molecule has 0 bridgehead atoms. The first kappa shape index (κ1) is 31.5. The number of benzene rings is 1. The molecule has 0 spiro atoms. The number of thiazole rings is 1. The summed E-state index contributed by atoms with van der Waals surface area (Å²) < 4.78 is 0. The average molecular weight is 546 g/mol. The van der Waals surface area contributed by atoms with Crippen LogP contribution in [-0.4, -0.2) is 70.8 Å². The fraction of sp³-hybridized carbons (Fsp3) is 0.519. The van der Waals surface area contributed by atoms with Crippen molar-refractivity contribution < 1.29 is 14.8 Å². The minimum absolute atomic E-state index is 0.338. The molecule has 1 unspecified atom stereocenters. The van der Waals surface area contributed by atoms with Crippen molar-refractivity contribution in [1.29, 1.82) is 0 Å². The van der Waals surface area contributed by atoms with E-state index in [1.54, 1.807) is 25.2 Å². The number of para-hydroxylation sites is 1. The summed E-state index contributed by atoms with van der Waals surface area (Å²) in [5.74, 6) is 0.482. The molecule has 3 aromatic rings. The lowest BCUT2D eigenvalue weighted by Gasteiger charge is -2.21. The molecular weight excluding hydrogens is 502 g/mol. The highest BCUT2D eigenvalue weighted by Gasteiger charge is 2.24. The van der Waals surface area contributed by atoms with Crippen molar-refractivity contribution in [3.8, 4) is 0 Å². The van der Waals surface area contributed by atoms with E-state index in [0.717, 1.165) is 46.8 Å². The smallest absolute Gasteiger partial charge is 0.240 e. The molecule has 4 rings (SSSR count). The lowest BCUT2D eigenvalue weighted by molar-refractivity contribution is -0.127.